The molecule has 120 valence electrons. The van der Waals surface area contributed by atoms with Gasteiger partial charge >= 0.3 is 5.97 Å². The van der Waals surface area contributed by atoms with E-state index < -0.39 is 33.4 Å². The van der Waals surface area contributed by atoms with Crippen LogP contribution in [0.3, 0.4) is 0 Å². The third kappa shape index (κ3) is 3.86. The first kappa shape index (κ1) is 16.5. The van der Waals surface area contributed by atoms with Crippen LogP contribution in [0.15, 0.2) is 57.8 Å². The van der Waals surface area contributed by atoms with Gasteiger partial charge in [0.15, 0.2) is 11.5 Å². The molecule has 7 nitrogen and oxygen atoms in total. The van der Waals surface area contributed by atoms with Gasteiger partial charge in [-0.2, -0.15) is 12.8 Å². The van der Waals surface area contributed by atoms with Crippen LogP contribution >= 0.6 is 0 Å². The number of nitrogens with zero attached hydrogens (tertiary/aromatic N) is 1. The molecule has 8 heteroatoms. The molecule has 3 N–H and O–H groups in total. The van der Waals surface area contributed by atoms with Crippen molar-refractivity contribution < 1.29 is 28.5 Å². The molecule has 2 aromatic rings. The Bertz CT molecular complexity index is 846. The highest BCUT2D eigenvalue weighted by molar-refractivity contribution is 7.90. The maximum Gasteiger partial charge on any atom is 0.316 e. The van der Waals surface area contributed by atoms with E-state index in [4.69, 9.17) is 0 Å². The van der Waals surface area contributed by atoms with Crippen molar-refractivity contribution in [3.05, 3.63) is 54.1 Å². The summed E-state index contributed by atoms with van der Waals surface area (Å²) in [6.45, 7) is 0. The van der Waals surface area contributed by atoms with Gasteiger partial charge in [0.2, 0.25) is 0 Å². The third-order valence-corrected chi connectivity index (χ3v) is 4.27. The molecular formula is C15H13NO6S. The van der Waals surface area contributed by atoms with E-state index in [-0.39, 0.29) is 4.90 Å². The van der Waals surface area contributed by atoms with Crippen LogP contribution in [0.1, 0.15) is 11.5 Å². The zero-order valence-electron chi connectivity index (χ0n) is 11.7. The molecular weight excluding hydrogens is 322 g/mol. The number of carboxylic acid groups (broad SMARTS) is 1. The summed E-state index contributed by atoms with van der Waals surface area (Å²) in [6, 6.07) is 10.9. The summed E-state index contributed by atoms with van der Waals surface area (Å²) in [5, 5.41) is 27.8. The number of sulfonamides is 1. The molecule has 0 aliphatic heterocycles. The first-order valence-corrected chi connectivity index (χ1v) is 7.85. The normalized spacial score (nSPS) is 13.0. The third-order valence-electron chi connectivity index (χ3n) is 3.02. The number of hydrogen-bond acceptors (Lipinski definition) is 5. The quantitative estimate of drug-likeness (QED) is 0.564. The molecule has 0 amide bonds. The van der Waals surface area contributed by atoms with Crippen LogP contribution in [-0.4, -0.2) is 35.9 Å². The summed E-state index contributed by atoms with van der Waals surface area (Å²) >= 11 is 0. The Labute approximate surface area is 132 Å². The summed E-state index contributed by atoms with van der Waals surface area (Å²) in [6.07, 6.45) is 0.816. The zero-order chi connectivity index (χ0) is 17.0. The highest BCUT2D eigenvalue weighted by Gasteiger charge is 2.20. The summed E-state index contributed by atoms with van der Waals surface area (Å²) in [5.74, 6) is -3.56. The lowest BCUT2D eigenvalue weighted by Crippen LogP contribution is -2.14. The molecule has 2 rings (SSSR count). The molecule has 0 bridgehead atoms. The van der Waals surface area contributed by atoms with Crippen LogP contribution in [0.5, 0.6) is 11.5 Å². The standard InChI is InChI=1S/C15H13NO6S/c17-13-7-6-11(8-14(13)18)23(21,22)16-9-12(15(19)20)10-4-2-1-3-5-10/h1-9,12,17-18H,(H,19,20)/b16-9+. The molecule has 0 heterocycles. The van der Waals surface area contributed by atoms with E-state index in [1.165, 1.54) is 0 Å². The molecule has 0 spiro atoms. The molecule has 23 heavy (non-hydrogen) atoms. The molecule has 0 aromatic heterocycles. The van der Waals surface area contributed by atoms with Crippen LogP contribution in [0.4, 0.5) is 0 Å². The largest absolute Gasteiger partial charge is 0.504 e. The Balaban J connectivity index is 2.35. The summed E-state index contributed by atoms with van der Waals surface area (Å²) < 4.78 is 27.5. The number of hydrogen-bond donors (Lipinski definition) is 3. The van der Waals surface area contributed by atoms with Crippen molar-refractivity contribution in [2.75, 3.05) is 0 Å². The predicted octanol–water partition coefficient (Wildman–Crippen LogP) is 1.73. The van der Waals surface area contributed by atoms with Gasteiger partial charge in [-0.25, -0.2) is 0 Å². The van der Waals surface area contributed by atoms with Gasteiger partial charge in [-0.3, -0.25) is 4.79 Å². The molecule has 0 saturated heterocycles. The maximum absolute atomic E-state index is 12.1. The monoisotopic (exact) mass is 335 g/mol. The minimum Gasteiger partial charge on any atom is -0.504 e. The van der Waals surface area contributed by atoms with Gasteiger partial charge in [0.1, 0.15) is 5.92 Å². The van der Waals surface area contributed by atoms with Crippen LogP contribution in [0, 0.1) is 0 Å². The lowest BCUT2D eigenvalue weighted by molar-refractivity contribution is -0.136. The Morgan fingerprint density at radius 2 is 1.70 bits per heavy atom. The van der Waals surface area contributed by atoms with Gasteiger partial charge in [-0.15, -0.1) is 0 Å². The first-order chi connectivity index (χ1) is 10.8. The highest BCUT2D eigenvalue weighted by Crippen LogP contribution is 2.28. The van der Waals surface area contributed by atoms with E-state index in [2.05, 4.69) is 4.40 Å². The molecule has 0 saturated carbocycles. The average Bonchev–Trinajstić information content (AvgIpc) is 2.50. The van der Waals surface area contributed by atoms with Gasteiger partial charge in [0.25, 0.3) is 10.0 Å². The number of carbonyl (C=O) groups is 1. The number of aromatic hydroxyl groups is 2. The van der Waals surface area contributed by atoms with Gasteiger partial charge in [0.05, 0.1) is 4.90 Å². The lowest BCUT2D eigenvalue weighted by atomic mass is 10.0. The number of aliphatic carboxylic acids is 1. The summed E-state index contributed by atoms with van der Waals surface area (Å²) in [4.78, 5) is 10.9. The van der Waals surface area contributed by atoms with Gasteiger partial charge in [0, 0.05) is 12.3 Å². The van der Waals surface area contributed by atoms with Crippen molar-refractivity contribution in [2.24, 2.45) is 4.40 Å². The first-order valence-electron chi connectivity index (χ1n) is 6.41. The fourth-order valence-electron chi connectivity index (χ4n) is 1.82. The van der Waals surface area contributed by atoms with E-state index in [0.717, 1.165) is 24.4 Å². The zero-order valence-corrected chi connectivity index (χ0v) is 12.5. The van der Waals surface area contributed by atoms with Crippen LogP contribution in [0.2, 0.25) is 0 Å². The second kappa shape index (κ2) is 6.49. The molecule has 0 aliphatic rings. The van der Waals surface area contributed by atoms with Crippen LogP contribution in [0.25, 0.3) is 0 Å². The predicted molar refractivity (Wildman–Crippen MR) is 82.3 cm³/mol. The van der Waals surface area contributed by atoms with Crippen molar-refractivity contribution in [1.29, 1.82) is 0 Å². The van der Waals surface area contributed by atoms with Crippen molar-refractivity contribution >= 4 is 22.2 Å². The van der Waals surface area contributed by atoms with Crippen molar-refractivity contribution in [2.45, 2.75) is 10.8 Å². The Morgan fingerprint density at radius 3 is 2.26 bits per heavy atom. The summed E-state index contributed by atoms with van der Waals surface area (Å²) in [7, 11) is -4.20. The topological polar surface area (TPSA) is 124 Å². The fourth-order valence-corrected chi connectivity index (χ4v) is 2.72. The SMILES string of the molecule is O=C(O)C(/C=N/S(=O)(=O)c1ccc(O)c(O)c1)c1ccccc1. The highest BCUT2D eigenvalue weighted by atomic mass is 32.2. The van der Waals surface area contributed by atoms with Crippen LogP contribution in [-0.2, 0) is 14.8 Å². The Morgan fingerprint density at radius 1 is 1.04 bits per heavy atom. The number of benzene rings is 2. The molecule has 1 unspecified atom stereocenters. The molecule has 1 atom stereocenters. The van der Waals surface area contributed by atoms with Crippen molar-refractivity contribution in [1.82, 2.24) is 0 Å². The number of phenols is 2. The molecule has 0 radical (unpaired) electrons. The van der Waals surface area contributed by atoms with Gasteiger partial charge in [-0.05, 0) is 17.7 Å². The van der Waals surface area contributed by atoms with Crippen LogP contribution < -0.4 is 0 Å². The molecule has 2 aromatic carbocycles. The van der Waals surface area contributed by atoms with Gasteiger partial charge < -0.3 is 15.3 Å². The van der Waals surface area contributed by atoms with E-state index in [1.807, 2.05) is 0 Å². The minimum absolute atomic E-state index is 0.360. The molecule has 0 fully saturated rings. The van der Waals surface area contributed by atoms with E-state index in [9.17, 15) is 28.5 Å². The van der Waals surface area contributed by atoms with E-state index in [0.29, 0.717) is 5.56 Å². The number of phenolic OH excluding ortho intramolecular Hbond substituents is 2. The van der Waals surface area contributed by atoms with Crippen molar-refractivity contribution in [3.8, 4) is 11.5 Å². The number of rotatable bonds is 5. The Hall–Kier alpha value is -2.87. The number of carboxylic acids is 1. The average molecular weight is 335 g/mol. The lowest BCUT2D eigenvalue weighted by Gasteiger charge is -2.07. The van der Waals surface area contributed by atoms with Gasteiger partial charge in [-0.1, -0.05) is 30.3 Å². The van der Waals surface area contributed by atoms with Crippen molar-refractivity contribution in [3.63, 3.8) is 0 Å². The fraction of sp³-hybridized carbons (Fsp3) is 0.0667. The van der Waals surface area contributed by atoms with E-state index in [1.54, 1.807) is 30.3 Å². The second-order valence-electron chi connectivity index (χ2n) is 4.61. The minimum atomic E-state index is -4.20. The van der Waals surface area contributed by atoms with E-state index >= 15 is 0 Å². The molecule has 0 aliphatic carbocycles. The smallest absolute Gasteiger partial charge is 0.316 e. The maximum atomic E-state index is 12.1. The second-order valence-corrected chi connectivity index (χ2v) is 6.24. The Kier molecular flexibility index (Phi) is 4.65. The summed E-state index contributed by atoms with van der Waals surface area (Å²) in [5.41, 5.74) is 0.382.